The second-order valence-corrected chi connectivity index (χ2v) is 4.17. The first-order valence-corrected chi connectivity index (χ1v) is 6.06. The maximum atomic E-state index is 4.53. The molecule has 3 rings (SSSR count). The van der Waals surface area contributed by atoms with Gasteiger partial charge in [0.1, 0.15) is 5.82 Å². The molecule has 0 aliphatic carbocycles. The number of aromatic nitrogens is 4. The third kappa shape index (κ3) is 2.49. The SMILES string of the molecule is Cc1nc(C2=CCNC=C2)nc(-c2ccncc2)n1. The first-order valence-electron chi connectivity index (χ1n) is 6.06. The Kier molecular flexibility index (Phi) is 3.02. The van der Waals surface area contributed by atoms with Gasteiger partial charge in [-0.3, -0.25) is 4.98 Å². The minimum atomic E-state index is 0.678. The Morgan fingerprint density at radius 1 is 1.05 bits per heavy atom. The number of hydrogen-bond acceptors (Lipinski definition) is 5. The Hall–Kier alpha value is -2.56. The average molecular weight is 251 g/mol. The maximum absolute atomic E-state index is 4.53. The molecule has 0 spiro atoms. The summed E-state index contributed by atoms with van der Waals surface area (Å²) in [5.41, 5.74) is 1.96. The van der Waals surface area contributed by atoms with E-state index in [1.165, 1.54) is 0 Å². The van der Waals surface area contributed by atoms with Gasteiger partial charge in [-0.05, 0) is 31.3 Å². The van der Waals surface area contributed by atoms with E-state index in [9.17, 15) is 0 Å². The summed E-state index contributed by atoms with van der Waals surface area (Å²) in [6.07, 6.45) is 9.40. The summed E-state index contributed by atoms with van der Waals surface area (Å²) in [5.74, 6) is 2.10. The molecule has 0 saturated carbocycles. The summed E-state index contributed by atoms with van der Waals surface area (Å²) in [6, 6.07) is 3.79. The fraction of sp³-hybridized carbons (Fsp3) is 0.143. The first kappa shape index (κ1) is 11.5. The van der Waals surface area contributed by atoms with E-state index in [0.29, 0.717) is 17.5 Å². The number of rotatable bonds is 2. The summed E-state index contributed by atoms with van der Waals surface area (Å²) >= 11 is 0. The molecule has 0 aromatic carbocycles. The van der Waals surface area contributed by atoms with Crippen LogP contribution < -0.4 is 5.32 Å². The Morgan fingerprint density at radius 2 is 1.84 bits per heavy atom. The van der Waals surface area contributed by atoms with Gasteiger partial charge in [-0.15, -0.1) is 0 Å². The summed E-state index contributed by atoms with van der Waals surface area (Å²) < 4.78 is 0. The van der Waals surface area contributed by atoms with Crippen LogP contribution >= 0.6 is 0 Å². The van der Waals surface area contributed by atoms with Crippen LogP contribution in [-0.2, 0) is 0 Å². The molecule has 94 valence electrons. The summed E-state index contributed by atoms with van der Waals surface area (Å²) in [4.78, 5) is 17.3. The third-order valence-electron chi connectivity index (χ3n) is 2.76. The lowest BCUT2D eigenvalue weighted by Gasteiger charge is -2.09. The van der Waals surface area contributed by atoms with Crippen molar-refractivity contribution in [2.24, 2.45) is 0 Å². The monoisotopic (exact) mass is 251 g/mol. The van der Waals surface area contributed by atoms with E-state index in [-0.39, 0.29) is 0 Å². The summed E-state index contributed by atoms with van der Waals surface area (Å²) in [7, 11) is 0. The number of aryl methyl sites for hydroxylation is 1. The number of hydrogen-bond donors (Lipinski definition) is 1. The lowest BCUT2D eigenvalue weighted by atomic mass is 10.2. The van der Waals surface area contributed by atoms with Crippen molar-refractivity contribution in [3.63, 3.8) is 0 Å². The molecule has 2 aromatic rings. The molecular weight excluding hydrogens is 238 g/mol. The second kappa shape index (κ2) is 4.97. The van der Waals surface area contributed by atoms with Crippen LogP contribution in [0, 0.1) is 6.92 Å². The van der Waals surface area contributed by atoms with Crippen molar-refractivity contribution in [3.05, 3.63) is 54.5 Å². The quantitative estimate of drug-likeness (QED) is 0.880. The van der Waals surface area contributed by atoms with E-state index in [0.717, 1.165) is 17.7 Å². The van der Waals surface area contributed by atoms with Crippen molar-refractivity contribution >= 4 is 5.57 Å². The molecule has 0 unspecified atom stereocenters. The number of allylic oxidation sites excluding steroid dienone is 2. The lowest BCUT2D eigenvalue weighted by Crippen LogP contribution is -2.10. The Morgan fingerprint density at radius 3 is 2.58 bits per heavy atom. The van der Waals surface area contributed by atoms with Crippen LogP contribution in [0.4, 0.5) is 0 Å². The number of dihydropyridines is 1. The van der Waals surface area contributed by atoms with Gasteiger partial charge in [-0.25, -0.2) is 15.0 Å². The van der Waals surface area contributed by atoms with Crippen LogP contribution in [0.25, 0.3) is 17.0 Å². The smallest absolute Gasteiger partial charge is 0.163 e. The average Bonchev–Trinajstić information content (AvgIpc) is 2.48. The van der Waals surface area contributed by atoms with Gasteiger partial charge in [0.15, 0.2) is 11.6 Å². The van der Waals surface area contributed by atoms with Gasteiger partial charge in [-0.1, -0.05) is 6.08 Å². The summed E-state index contributed by atoms with van der Waals surface area (Å²) in [6.45, 7) is 2.67. The Balaban J connectivity index is 2.06. The highest BCUT2D eigenvalue weighted by Crippen LogP contribution is 2.18. The zero-order valence-electron chi connectivity index (χ0n) is 10.5. The standard InChI is InChI=1S/C14H13N5/c1-10-17-13(11-2-6-15-7-3-11)19-14(18-10)12-4-8-16-9-5-12/h2-8,16H,9H2,1H3. The molecule has 0 fully saturated rings. The molecule has 5 nitrogen and oxygen atoms in total. The molecule has 0 radical (unpaired) electrons. The molecule has 1 aliphatic heterocycles. The van der Waals surface area contributed by atoms with Gasteiger partial charge in [0, 0.05) is 30.1 Å². The van der Waals surface area contributed by atoms with E-state index < -0.39 is 0 Å². The Labute approximate surface area is 111 Å². The van der Waals surface area contributed by atoms with Crippen LogP contribution in [0.15, 0.2) is 42.9 Å². The zero-order chi connectivity index (χ0) is 13.1. The molecule has 5 heteroatoms. The van der Waals surface area contributed by atoms with Crippen molar-refractivity contribution in [3.8, 4) is 11.4 Å². The van der Waals surface area contributed by atoms with Gasteiger partial charge >= 0.3 is 0 Å². The van der Waals surface area contributed by atoms with Gasteiger partial charge in [0.05, 0.1) is 0 Å². The topological polar surface area (TPSA) is 63.6 Å². The van der Waals surface area contributed by atoms with Crippen LogP contribution in [0.2, 0.25) is 0 Å². The van der Waals surface area contributed by atoms with Crippen molar-refractivity contribution in [1.82, 2.24) is 25.3 Å². The van der Waals surface area contributed by atoms with E-state index in [1.807, 2.05) is 31.3 Å². The normalized spacial score (nSPS) is 13.8. The lowest BCUT2D eigenvalue weighted by molar-refractivity contribution is 0.941. The first-order chi connectivity index (χ1) is 9.33. The molecule has 1 aliphatic rings. The van der Waals surface area contributed by atoms with E-state index >= 15 is 0 Å². The molecule has 0 atom stereocenters. The van der Waals surface area contributed by atoms with E-state index in [4.69, 9.17) is 0 Å². The van der Waals surface area contributed by atoms with E-state index in [2.05, 4.69) is 31.3 Å². The van der Waals surface area contributed by atoms with Gasteiger partial charge in [0.2, 0.25) is 0 Å². The number of pyridine rings is 1. The maximum Gasteiger partial charge on any atom is 0.163 e. The van der Waals surface area contributed by atoms with Crippen molar-refractivity contribution in [2.45, 2.75) is 6.92 Å². The fourth-order valence-electron chi connectivity index (χ4n) is 1.86. The van der Waals surface area contributed by atoms with Crippen molar-refractivity contribution < 1.29 is 0 Å². The summed E-state index contributed by atoms with van der Waals surface area (Å²) in [5, 5.41) is 3.11. The molecule has 0 bridgehead atoms. The highest BCUT2D eigenvalue weighted by molar-refractivity contribution is 5.71. The minimum Gasteiger partial charge on any atom is -0.387 e. The predicted molar refractivity (Wildman–Crippen MR) is 72.9 cm³/mol. The number of nitrogens with zero attached hydrogens (tertiary/aromatic N) is 4. The molecule has 0 amide bonds. The highest BCUT2D eigenvalue weighted by atomic mass is 15.0. The van der Waals surface area contributed by atoms with Crippen molar-refractivity contribution in [1.29, 1.82) is 0 Å². The minimum absolute atomic E-state index is 0.678. The number of nitrogens with one attached hydrogen (secondary N) is 1. The van der Waals surface area contributed by atoms with Crippen molar-refractivity contribution in [2.75, 3.05) is 6.54 Å². The van der Waals surface area contributed by atoms with E-state index in [1.54, 1.807) is 12.4 Å². The van der Waals surface area contributed by atoms with Crippen LogP contribution in [-0.4, -0.2) is 26.5 Å². The van der Waals surface area contributed by atoms with Crippen LogP contribution in [0.3, 0.4) is 0 Å². The molecule has 2 aromatic heterocycles. The molecule has 19 heavy (non-hydrogen) atoms. The van der Waals surface area contributed by atoms with Crippen LogP contribution in [0.5, 0.6) is 0 Å². The predicted octanol–water partition coefficient (Wildman–Crippen LogP) is 1.74. The fourth-order valence-corrected chi connectivity index (χ4v) is 1.86. The largest absolute Gasteiger partial charge is 0.387 e. The third-order valence-corrected chi connectivity index (χ3v) is 2.76. The Bertz CT molecular complexity index is 646. The highest BCUT2D eigenvalue weighted by Gasteiger charge is 2.09. The van der Waals surface area contributed by atoms with Crippen LogP contribution in [0.1, 0.15) is 11.6 Å². The molecule has 1 N–H and O–H groups in total. The van der Waals surface area contributed by atoms with Gasteiger partial charge in [0.25, 0.3) is 0 Å². The van der Waals surface area contributed by atoms with Gasteiger partial charge < -0.3 is 5.32 Å². The molecular formula is C14H13N5. The molecule has 3 heterocycles. The zero-order valence-corrected chi connectivity index (χ0v) is 10.5. The molecule has 0 saturated heterocycles. The second-order valence-electron chi connectivity index (χ2n) is 4.17. The van der Waals surface area contributed by atoms with Gasteiger partial charge in [-0.2, -0.15) is 0 Å².